The molecule has 94 valence electrons. The SMILES string of the molecule is COCC(CNC1CC1)Oc1cncc(Cl)c1. The van der Waals surface area contributed by atoms with Gasteiger partial charge in [0.1, 0.15) is 11.9 Å². The van der Waals surface area contributed by atoms with Crippen molar-refractivity contribution in [2.75, 3.05) is 20.3 Å². The predicted molar refractivity (Wildman–Crippen MR) is 66.6 cm³/mol. The van der Waals surface area contributed by atoms with E-state index in [4.69, 9.17) is 21.1 Å². The Bertz CT molecular complexity index is 358. The Morgan fingerprint density at radius 1 is 1.53 bits per heavy atom. The molecule has 1 aliphatic rings. The molecule has 5 heteroatoms. The van der Waals surface area contributed by atoms with Crippen LogP contribution < -0.4 is 10.1 Å². The van der Waals surface area contributed by atoms with E-state index < -0.39 is 0 Å². The van der Waals surface area contributed by atoms with E-state index in [1.807, 2.05) is 0 Å². The summed E-state index contributed by atoms with van der Waals surface area (Å²) < 4.78 is 10.9. The predicted octanol–water partition coefficient (Wildman–Crippen LogP) is 1.88. The molecule has 0 aliphatic heterocycles. The number of halogens is 1. The van der Waals surface area contributed by atoms with Crippen LogP contribution in [0.15, 0.2) is 18.5 Å². The van der Waals surface area contributed by atoms with E-state index in [1.165, 1.54) is 12.8 Å². The van der Waals surface area contributed by atoms with Crippen LogP contribution in [0.3, 0.4) is 0 Å². The molecule has 1 N–H and O–H groups in total. The lowest BCUT2D eigenvalue weighted by Crippen LogP contribution is -2.35. The van der Waals surface area contributed by atoms with E-state index >= 15 is 0 Å². The third-order valence-corrected chi connectivity index (χ3v) is 2.75. The highest BCUT2D eigenvalue weighted by Crippen LogP contribution is 2.19. The number of methoxy groups -OCH3 is 1. The lowest BCUT2D eigenvalue weighted by Gasteiger charge is -2.18. The Morgan fingerprint density at radius 2 is 2.35 bits per heavy atom. The third-order valence-electron chi connectivity index (χ3n) is 2.55. The van der Waals surface area contributed by atoms with Gasteiger partial charge in [0.2, 0.25) is 0 Å². The van der Waals surface area contributed by atoms with Crippen LogP contribution in [-0.4, -0.2) is 37.4 Å². The maximum absolute atomic E-state index is 5.85. The molecule has 17 heavy (non-hydrogen) atoms. The van der Waals surface area contributed by atoms with Gasteiger partial charge in [-0.15, -0.1) is 0 Å². The molecule has 1 aromatic rings. The lowest BCUT2D eigenvalue weighted by atomic mass is 10.3. The summed E-state index contributed by atoms with van der Waals surface area (Å²) in [7, 11) is 1.67. The number of ether oxygens (including phenoxy) is 2. The summed E-state index contributed by atoms with van der Waals surface area (Å²) >= 11 is 5.85. The van der Waals surface area contributed by atoms with Gasteiger partial charge in [0.15, 0.2) is 0 Å². The van der Waals surface area contributed by atoms with Crippen LogP contribution in [0.1, 0.15) is 12.8 Å². The van der Waals surface area contributed by atoms with Gasteiger partial charge in [-0.05, 0) is 12.8 Å². The molecule has 0 bridgehead atoms. The number of nitrogens with zero attached hydrogens (tertiary/aromatic N) is 1. The van der Waals surface area contributed by atoms with Gasteiger partial charge in [-0.25, -0.2) is 0 Å². The van der Waals surface area contributed by atoms with Crippen molar-refractivity contribution in [1.82, 2.24) is 10.3 Å². The highest BCUT2D eigenvalue weighted by atomic mass is 35.5. The maximum Gasteiger partial charge on any atom is 0.139 e. The van der Waals surface area contributed by atoms with Crippen molar-refractivity contribution in [3.8, 4) is 5.75 Å². The molecule has 1 aliphatic carbocycles. The van der Waals surface area contributed by atoms with Crippen LogP contribution in [0.2, 0.25) is 5.02 Å². The molecule has 0 saturated heterocycles. The fourth-order valence-electron chi connectivity index (χ4n) is 1.56. The first-order chi connectivity index (χ1) is 8.28. The Balaban J connectivity index is 1.86. The molecule has 1 fully saturated rings. The zero-order chi connectivity index (χ0) is 12.1. The van der Waals surface area contributed by atoms with E-state index in [9.17, 15) is 0 Å². The molecule has 1 aromatic heterocycles. The molecule has 1 saturated carbocycles. The summed E-state index contributed by atoms with van der Waals surface area (Å²) in [5, 5.41) is 4.00. The number of pyridine rings is 1. The van der Waals surface area contributed by atoms with Gasteiger partial charge >= 0.3 is 0 Å². The van der Waals surface area contributed by atoms with Gasteiger partial charge in [-0.1, -0.05) is 11.6 Å². The standard InChI is InChI=1S/C12H17ClN2O2/c1-16-8-12(7-15-10-2-3-10)17-11-4-9(13)5-14-6-11/h4-6,10,12,15H,2-3,7-8H2,1H3. The monoisotopic (exact) mass is 256 g/mol. The number of nitrogens with one attached hydrogen (secondary N) is 1. The fourth-order valence-corrected chi connectivity index (χ4v) is 1.72. The third kappa shape index (κ3) is 4.50. The van der Waals surface area contributed by atoms with Crippen molar-refractivity contribution in [3.05, 3.63) is 23.5 Å². The summed E-state index contributed by atoms with van der Waals surface area (Å²) in [5.74, 6) is 0.678. The molecular weight excluding hydrogens is 240 g/mol. The fraction of sp³-hybridized carbons (Fsp3) is 0.583. The second-order valence-electron chi connectivity index (χ2n) is 4.22. The minimum Gasteiger partial charge on any atom is -0.485 e. The number of rotatable bonds is 7. The molecule has 0 radical (unpaired) electrons. The first kappa shape index (κ1) is 12.6. The van der Waals surface area contributed by atoms with Crippen molar-refractivity contribution in [2.45, 2.75) is 25.0 Å². The molecule has 4 nitrogen and oxygen atoms in total. The summed E-state index contributed by atoms with van der Waals surface area (Å²) in [6, 6.07) is 2.42. The van der Waals surface area contributed by atoms with Gasteiger partial charge in [0.25, 0.3) is 0 Å². The summed E-state index contributed by atoms with van der Waals surface area (Å²) in [6.45, 7) is 1.33. The minimum absolute atomic E-state index is 0.0131. The molecule has 0 aromatic carbocycles. The molecule has 0 spiro atoms. The van der Waals surface area contributed by atoms with Gasteiger partial charge in [0.05, 0.1) is 17.8 Å². The number of hydrogen-bond donors (Lipinski definition) is 1. The molecule has 0 amide bonds. The Hall–Kier alpha value is -0.840. The van der Waals surface area contributed by atoms with Crippen LogP contribution in [0.25, 0.3) is 0 Å². The van der Waals surface area contributed by atoms with Gasteiger partial charge in [-0.2, -0.15) is 0 Å². The zero-order valence-electron chi connectivity index (χ0n) is 9.86. The van der Waals surface area contributed by atoms with Gasteiger partial charge in [-0.3, -0.25) is 4.98 Å². The molecule has 1 heterocycles. The van der Waals surface area contributed by atoms with E-state index in [-0.39, 0.29) is 6.10 Å². The van der Waals surface area contributed by atoms with Crippen molar-refractivity contribution in [2.24, 2.45) is 0 Å². The average molecular weight is 257 g/mol. The average Bonchev–Trinajstić information content (AvgIpc) is 3.10. The zero-order valence-corrected chi connectivity index (χ0v) is 10.6. The van der Waals surface area contributed by atoms with Crippen molar-refractivity contribution in [3.63, 3.8) is 0 Å². The summed E-state index contributed by atoms with van der Waals surface area (Å²) in [6.07, 6.45) is 5.76. The molecule has 1 atom stereocenters. The van der Waals surface area contributed by atoms with E-state index in [1.54, 1.807) is 25.6 Å². The summed E-state index contributed by atoms with van der Waals surface area (Å²) in [4.78, 5) is 3.99. The largest absolute Gasteiger partial charge is 0.485 e. The molecular formula is C12H17ClN2O2. The lowest BCUT2D eigenvalue weighted by molar-refractivity contribution is 0.0801. The summed E-state index contributed by atoms with van der Waals surface area (Å²) in [5.41, 5.74) is 0. The Labute approximate surface area is 106 Å². The van der Waals surface area contributed by atoms with Gasteiger partial charge in [0, 0.05) is 32.0 Å². The normalized spacial score (nSPS) is 16.8. The minimum atomic E-state index is -0.0131. The first-order valence-electron chi connectivity index (χ1n) is 5.77. The van der Waals surface area contributed by atoms with Crippen molar-refractivity contribution in [1.29, 1.82) is 0 Å². The van der Waals surface area contributed by atoms with Crippen LogP contribution in [-0.2, 0) is 4.74 Å². The van der Waals surface area contributed by atoms with Crippen molar-refractivity contribution < 1.29 is 9.47 Å². The highest BCUT2D eigenvalue weighted by Gasteiger charge is 2.22. The van der Waals surface area contributed by atoms with Crippen LogP contribution in [0, 0.1) is 0 Å². The van der Waals surface area contributed by atoms with E-state index in [2.05, 4.69) is 10.3 Å². The Morgan fingerprint density at radius 3 is 3.00 bits per heavy atom. The molecule has 2 rings (SSSR count). The Kier molecular flexibility index (Phi) is 4.59. The van der Waals surface area contributed by atoms with Crippen LogP contribution in [0.5, 0.6) is 5.75 Å². The van der Waals surface area contributed by atoms with E-state index in [0.717, 1.165) is 6.54 Å². The van der Waals surface area contributed by atoms with Crippen LogP contribution in [0.4, 0.5) is 0 Å². The quantitative estimate of drug-likeness (QED) is 0.809. The second-order valence-corrected chi connectivity index (χ2v) is 4.65. The van der Waals surface area contributed by atoms with Crippen molar-refractivity contribution >= 4 is 11.6 Å². The number of aromatic nitrogens is 1. The smallest absolute Gasteiger partial charge is 0.139 e. The highest BCUT2D eigenvalue weighted by molar-refractivity contribution is 6.30. The van der Waals surface area contributed by atoms with Crippen LogP contribution >= 0.6 is 11.6 Å². The second kappa shape index (κ2) is 6.19. The van der Waals surface area contributed by atoms with E-state index in [0.29, 0.717) is 23.4 Å². The number of hydrogen-bond acceptors (Lipinski definition) is 4. The topological polar surface area (TPSA) is 43.4 Å². The van der Waals surface area contributed by atoms with Gasteiger partial charge < -0.3 is 14.8 Å². The molecule has 1 unspecified atom stereocenters. The first-order valence-corrected chi connectivity index (χ1v) is 6.15. The maximum atomic E-state index is 5.85.